The molecule has 0 unspecified atom stereocenters. The molecule has 0 saturated carbocycles. The average Bonchev–Trinajstić information content (AvgIpc) is 3.11. The highest BCUT2D eigenvalue weighted by molar-refractivity contribution is 6.12. The van der Waals surface area contributed by atoms with Gasteiger partial charge in [-0.3, -0.25) is 9.79 Å². The molecule has 0 N–H and O–H groups in total. The van der Waals surface area contributed by atoms with E-state index in [1.165, 1.54) is 5.56 Å². The van der Waals surface area contributed by atoms with Crippen LogP contribution in [-0.4, -0.2) is 25.1 Å². The van der Waals surface area contributed by atoms with Gasteiger partial charge in [-0.2, -0.15) is 5.26 Å². The van der Waals surface area contributed by atoms with Gasteiger partial charge in [0.05, 0.1) is 6.07 Å². The fourth-order valence-corrected chi connectivity index (χ4v) is 3.58. The number of nitriles is 1. The largest absolute Gasteiger partial charge is 0.347 e. The third-order valence-corrected chi connectivity index (χ3v) is 4.87. The van der Waals surface area contributed by atoms with E-state index in [2.05, 4.69) is 41.9 Å². The fraction of sp³-hybridized carbons (Fsp3) is 0.421. The number of nitrogens with zero attached hydrogens (tertiary/aromatic N) is 3. The molecule has 23 heavy (non-hydrogen) atoms. The summed E-state index contributed by atoms with van der Waals surface area (Å²) in [7, 11) is 1.97. The normalized spacial score (nSPS) is 21.7. The number of benzene rings is 1. The first-order chi connectivity index (χ1) is 11.0. The maximum atomic E-state index is 12.7. The molecule has 0 saturated heterocycles. The average molecular weight is 307 g/mol. The molecule has 118 valence electrons. The number of likely N-dealkylation sites (N-methyl/N-ethyl adjacent to an activating group) is 1. The molecule has 2 aliphatic rings. The minimum atomic E-state index is -0.738. The third-order valence-electron chi connectivity index (χ3n) is 4.87. The zero-order valence-corrected chi connectivity index (χ0v) is 13.8. The number of hydrogen-bond donors (Lipinski definition) is 0. The van der Waals surface area contributed by atoms with Crippen LogP contribution in [0.4, 0.5) is 5.69 Å². The van der Waals surface area contributed by atoms with E-state index < -0.39 is 5.92 Å². The second-order valence-corrected chi connectivity index (χ2v) is 6.67. The Morgan fingerprint density at radius 2 is 2.17 bits per heavy atom. The number of para-hydroxylation sites is 1. The van der Waals surface area contributed by atoms with Gasteiger partial charge in [-0.1, -0.05) is 32.0 Å². The number of rotatable bonds is 3. The van der Waals surface area contributed by atoms with Gasteiger partial charge < -0.3 is 4.90 Å². The van der Waals surface area contributed by atoms with E-state index in [1.54, 1.807) is 6.08 Å². The molecule has 3 rings (SSSR count). The van der Waals surface area contributed by atoms with E-state index in [-0.39, 0.29) is 11.2 Å². The Hall–Kier alpha value is -2.41. The van der Waals surface area contributed by atoms with Crippen molar-refractivity contribution in [1.82, 2.24) is 0 Å². The first-order valence-corrected chi connectivity index (χ1v) is 7.99. The maximum absolute atomic E-state index is 12.7. The van der Waals surface area contributed by atoms with E-state index in [0.29, 0.717) is 0 Å². The van der Waals surface area contributed by atoms with E-state index in [9.17, 15) is 10.1 Å². The summed E-state index contributed by atoms with van der Waals surface area (Å²) in [5.74, 6) is -0.895. The van der Waals surface area contributed by atoms with Crippen molar-refractivity contribution in [3.05, 3.63) is 41.6 Å². The number of hydrogen-bond acceptors (Lipinski definition) is 4. The molecular weight excluding hydrogens is 286 g/mol. The Morgan fingerprint density at radius 3 is 2.78 bits per heavy atom. The van der Waals surface area contributed by atoms with E-state index in [1.807, 2.05) is 19.2 Å². The fourth-order valence-electron chi connectivity index (χ4n) is 3.58. The first-order valence-electron chi connectivity index (χ1n) is 7.99. The minimum absolute atomic E-state index is 0.157. The van der Waals surface area contributed by atoms with Crippen molar-refractivity contribution < 1.29 is 4.79 Å². The molecule has 4 nitrogen and oxygen atoms in total. The van der Waals surface area contributed by atoms with Gasteiger partial charge in [0.2, 0.25) is 0 Å². The lowest BCUT2D eigenvalue weighted by atomic mass is 9.82. The molecule has 0 aliphatic carbocycles. The zero-order valence-electron chi connectivity index (χ0n) is 13.8. The summed E-state index contributed by atoms with van der Waals surface area (Å²) < 4.78 is 0. The highest BCUT2D eigenvalue weighted by atomic mass is 16.1. The summed E-state index contributed by atoms with van der Waals surface area (Å²) in [6, 6.07) is 10.3. The van der Waals surface area contributed by atoms with Crippen LogP contribution < -0.4 is 4.90 Å². The summed E-state index contributed by atoms with van der Waals surface area (Å²) in [6.07, 6.45) is 3.34. The van der Waals surface area contributed by atoms with Gasteiger partial charge in [-0.15, -0.1) is 0 Å². The van der Waals surface area contributed by atoms with E-state index in [4.69, 9.17) is 0 Å². The number of ketones is 1. The quantitative estimate of drug-likeness (QED) is 0.806. The second kappa shape index (κ2) is 5.66. The van der Waals surface area contributed by atoms with Crippen LogP contribution in [0.25, 0.3) is 0 Å². The van der Waals surface area contributed by atoms with Crippen LogP contribution in [0.3, 0.4) is 0 Å². The Bertz CT molecular complexity index is 752. The minimum Gasteiger partial charge on any atom is -0.347 e. The van der Waals surface area contributed by atoms with Crippen molar-refractivity contribution in [1.29, 1.82) is 5.26 Å². The Kier molecular flexibility index (Phi) is 3.81. The molecule has 1 aromatic carbocycles. The van der Waals surface area contributed by atoms with Crippen LogP contribution >= 0.6 is 0 Å². The second-order valence-electron chi connectivity index (χ2n) is 6.67. The maximum Gasteiger partial charge on any atom is 0.180 e. The summed E-state index contributed by atoms with van der Waals surface area (Å²) in [5.41, 5.74) is 3.74. The number of carbonyl (C=O) groups excluding carboxylic acids is 1. The summed E-state index contributed by atoms with van der Waals surface area (Å²) >= 11 is 0. The Morgan fingerprint density at radius 1 is 1.43 bits per heavy atom. The standard InChI is InChI=1S/C19H21N3O/c1-19(2)14-7-4-5-9-16(14)22(3)18(19)11-17(23)13(12-20)15-8-6-10-21-15/h4-5,7,9,11,13H,6,8,10H2,1-3H3/b18-11+/t13-/m0/s1. The van der Waals surface area contributed by atoms with Crippen LogP contribution in [0.5, 0.6) is 0 Å². The van der Waals surface area contributed by atoms with Gasteiger partial charge in [0.25, 0.3) is 0 Å². The number of fused-ring (bicyclic) bond motifs is 1. The lowest BCUT2D eigenvalue weighted by Gasteiger charge is -2.24. The molecule has 0 bridgehead atoms. The molecule has 1 aromatic rings. The van der Waals surface area contributed by atoms with Crippen LogP contribution in [0, 0.1) is 17.2 Å². The molecule has 0 radical (unpaired) electrons. The van der Waals surface area contributed by atoms with Gasteiger partial charge in [-0.25, -0.2) is 0 Å². The molecule has 2 aliphatic heterocycles. The van der Waals surface area contributed by atoms with Gasteiger partial charge >= 0.3 is 0 Å². The molecule has 0 amide bonds. The monoisotopic (exact) mass is 307 g/mol. The SMILES string of the molecule is CN1/C(=C/C(=O)[C@@H](C#N)C2=NCCC2)C(C)(C)c2ccccc21. The molecule has 0 fully saturated rings. The molecule has 4 heteroatoms. The Balaban J connectivity index is 1.97. The molecule has 2 heterocycles. The van der Waals surface area contributed by atoms with Crippen LogP contribution in [0.2, 0.25) is 0 Å². The highest BCUT2D eigenvalue weighted by Gasteiger charge is 2.39. The van der Waals surface area contributed by atoms with Crippen LogP contribution in [0.15, 0.2) is 41.0 Å². The highest BCUT2D eigenvalue weighted by Crippen LogP contribution is 2.46. The first kappa shape index (κ1) is 15.5. The van der Waals surface area contributed by atoms with Crippen LogP contribution in [-0.2, 0) is 10.2 Å². The third kappa shape index (κ3) is 2.46. The number of carbonyl (C=O) groups is 1. The smallest absolute Gasteiger partial charge is 0.180 e. The number of aliphatic imine (C=N–C) groups is 1. The van der Waals surface area contributed by atoms with Crippen molar-refractivity contribution in [2.24, 2.45) is 10.9 Å². The predicted octanol–water partition coefficient (Wildman–Crippen LogP) is 3.24. The summed E-state index contributed by atoms with van der Waals surface area (Å²) in [6.45, 7) is 4.96. The van der Waals surface area contributed by atoms with Crippen molar-refractivity contribution in [3.8, 4) is 6.07 Å². The zero-order chi connectivity index (χ0) is 16.6. The van der Waals surface area contributed by atoms with Crippen molar-refractivity contribution in [2.75, 3.05) is 18.5 Å². The lowest BCUT2D eigenvalue weighted by Crippen LogP contribution is -2.27. The lowest BCUT2D eigenvalue weighted by molar-refractivity contribution is -0.115. The van der Waals surface area contributed by atoms with Gasteiger partial charge in [-0.05, 0) is 24.5 Å². The Labute approximate surface area is 137 Å². The van der Waals surface area contributed by atoms with Gasteiger partial charge in [0.1, 0.15) is 5.92 Å². The number of allylic oxidation sites excluding steroid dienone is 2. The van der Waals surface area contributed by atoms with Crippen molar-refractivity contribution in [3.63, 3.8) is 0 Å². The summed E-state index contributed by atoms with van der Waals surface area (Å²) in [5, 5.41) is 9.41. The summed E-state index contributed by atoms with van der Waals surface area (Å²) in [4.78, 5) is 19.1. The molecule has 0 aromatic heterocycles. The van der Waals surface area contributed by atoms with E-state index in [0.717, 1.165) is 36.5 Å². The molecule has 1 atom stereocenters. The predicted molar refractivity (Wildman–Crippen MR) is 91.6 cm³/mol. The topological polar surface area (TPSA) is 56.5 Å². The van der Waals surface area contributed by atoms with Crippen molar-refractivity contribution in [2.45, 2.75) is 32.1 Å². The van der Waals surface area contributed by atoms with Crippen LogP contribution in [0.1, 0.15) is 32.3 Å². The van der Waals surface area contributed by atoms with Gasteiger partial charge in [0.15, 0.2) is 5.78 Å². The van der Waals surface area contributed by atoms with Crippen molar-refractivity contribution >= 4 is 17.2 Å². The molecular formula is C19H21N3O. The van der Waals surface area contributed by atoms with E-state index >= 15 is 0 Å². The number of anilines is 1. The molecule has 0 spiro atoms. The van der Waals surface area contributed by atoms with Gasteiger partial charge in [0, 0.05) is 42.2 Å².